The van der Waals surface area contributed by atoms with Crippen LogP contribution in [0, 0.1) is 5.92 Å². The van der Waals surface area contributed by atoms with Gasteiger partial charge < -0.3 is 16.2 Å². The van der Waals surface area contributed by atoms with Crippen LogP contribution in [0.1, 0.15) is 23.2 Å². The Hall–Kier alpha value is -1.55. The Morgan fingerprint density at radius 3 is 2.94 bits per heavy atom. The predicted molar refractivity (Wildman–Crippen MR) is 61.1 cm³/mol. The first-order valence-electron chi connectivity index (χ1n) is 5.49. The van der Waals surface area contributed by atoms with Crippen LogP contribution in [-0.4, -0.2) is 23.6 Å². The summed E-state index contributed by atoms with van der Waals surface area (Å²) in [4.78, 5) is 11.7. The first kappa shape index (κ1) is 11.0. The molecule has 0 radical (unpaired) electrons. The van der Waals surface area contributed by atoms with Crippen LogP contribution in [0.3, 0.4) is 0 Å². The van der Waals surface area contributed by atoms with Gasteiger partial charge in [-0.1, -0.05) is 6.07 Å². The van der Waals surface area contributed by atoms with Crippen molar-refractivity contribution in [2.45, 2.75) is 18.9 Å². The highest BCUT2D eigenvalue weighted by molar-refractivity contribution is 5.94. The van der Waals surface area contributed by atoms with Crippen LogP contribution in [-0.2, 0) is 0 Å². The van der Waals surface area contributed by atoms with Crippen molar-refractivity contribution < 1.29 is 9.90 Å². The number of hydrogen-bond acceptors (Lipinski definition) is 3. The first-order chi connectivity index (χ1) is 7.66. The van der Waals surface area contributed by atoms with Gasteiger partial charge in [-0.2, -0.15) is 0 Å². The van der Waals surface area contributed by atoms with E-state index in [1.54, 1.807) is 12.1 Å². The van der Waals surface area contributed by atoms with Gasteiger partial charge in [0.25, 0.3) is 5.91 Å². The SMILES string of the molecule is NC(CNC(=O)c1cccc(O)c1)C1CC1. The summed E-state index contributed by atoms with van der Waals surface area (Å²) in [5.74, 6) is 0.482. The number of benzene rings is 1. The molecule has 1 atom stereocenters. The van der Waals surface area contributed by atoms with E-state index in [1.807, 2.05) is 0 Å². The Balaban J connectivity index is 1.87. The lowest BCUT2D eigenvalue weighted by Crippen LogP contribution is -2.38. The summed E-state index contributed by atoms with van der Waals surface area (Å²) in [5.41, 5.74) is 6.33. The van der Waals surface area contributed by atoms with Crippen LogP contribution >= 0.6 is 0 Å². The molecule has 1 amide bonds. The van der Waals surface area contributed by atoms with Gasteiger partial charge >= 0.3 is 0 Å². The number of phenols is 1. The summed E-state index contributed by atoms with van der Waals surface area (Å²) in [6.07, 6.45) is 2.34. The minimum Gasteiger partial charge on any atom is -0.508 e. The Kier molecular flexibility index (Phi) is 3.10. The molecule has 0 aliphatic heterocycles. The van der Waals surface area contributed by atoms with Gasteiger partial charge in [-0.15, -0.1) is 0 Å². The van der Waals surface area contributed by atoms with Crippen LogP contribution in [0.25, 0.3) is 0 Å². The second-order valence-electron chi connectivity index (χ2n) is 4.26. The zero-order chi connectivity index (χ0) is 11.5. The molecule has 0 heterocycles. The molecule has 4 N–H and O–H groups in total. The van der Waals surface area contributed by atoms with Gasteiger partial charge in [0.2, 0.25) is 0 Å². The number of nitrogens with two attached hydrogens (primary N) is 1. The number of carbonyl (C=O) groups excluding carboxylic acids is 1. The van der Waals surface area contributed by atoms with Crippen LogP contribution in [0.2, 0.25) is 0 Å². The number of nitrogens with one attached hydrogen (secondary N) is 1. The lowest BCUT2D eigenvalue weighted by atomic mass is 10.1. The molecular weight excluding hydrogens is 204 g/mol. The molecule has 1 fully saturated rings. The Morgan fingerprint density at radius 1 is 1.56 bits per heavy atom. The summed E-state index contributed by atoms with van der Waals surface area (Å²) < 4.78 is 0. The molecule has 86 valence electrons. The fourth-order valence-corrected chi connectivity index (χ4v) is 1.65. The number of amides is 1. The van der Waals surface area contributed by atoms with E-state index in [-0.39, 0.29) is 17.7 Å². The standard InChI is InChI=1S/C12H16N2O2/c13-11(8-4-5-8)7-14-12(16)9-2-1-3-10(15)6-9/h1-3,6,8,11,15H,4-5,7,13H2,(H,14,16). The van der Waals surface area contributed by atoms with Gasteiger partial charge in [-0.25, -0.2) is 0 Å². The van der Waals surface area contributed by atoms with Gasteiger partial charge in [0.15, 0.2) is 0 Å². The van der Waals surface area contributed by atoms with E-state index in [1.165, 1.54) is 25.0 Å². The molecule has 0 bridgehead atoms. The second-order valence-corrected chi connectivity index (χ2v) is 4.26. The van der Waals surface area contributed by atoms with Crippen molar-refractivity contribution in [1.29, 1.82) is 0 Å². The highest BCUT2D eigenvalue weighted by Crippen LogP contribution is 2.31. The molecule has 1 aliphatic rings. The third-order valence-corrected chi connectivity index (χ3v) is 2.83. The van der Waals surface area contributed by atoms with E-state index in [9.17, 15) is 9.90 Å². The lowest BCUT2D eigenvalue weighted by Gasteiger charge is -2.11. The summed E-state index contributed by atoms with van der Waals surface area (Å²) in [6.45, 7) is 0.499. The zero-order valence-electron chi connectivity index (χ0n) is 9.02. The van der Waals surface area contributed by atoms with Crippen molar-refractivity contribution in [2.75, 3.05) is 6.54 Å². The fraction of sp³-hybridized carbons (Fsp3) is 0.417. The molecule has 1 aromatic rings. The van der Waals surface area contributed by atoms with Gasteiger partial charge in [0.1, 0.15) is 5.75 Å². The fourth-order valence-electron chi connectivity index (χ4n) is 1.65. The topological polar surface area (TPSA) is 75.3 Å². The lowest BCUT2D eigenvalue weighted by molar-refractivity contribution is 0.0950. The molecule has 1 saturated carbocycles. The molecular formula is C12H16N2O2. The smallest absolute Gasteiger partial charge is 0.251 e. The van der Waals surface area contributed by atoms with Crippen molar-refractivity contribution >= 4 is 5.91 Å². The first-order valence-corrected chi connectivity index (χ1v) is 5.49. The monoisotopic (exact) mass is 220 g/mol. The largest absolute Gasteiger partial charge is 0.508 e. The van der Waals surface area contributed by atoms with Crippen LogP contribution in [0.5, 0.6) is 5.75 Å². The molecule has 1 aromatic carbocycles. The molecule has 4 nitrogen and oxygen atoms in total. The van der Waals surface area contributed by atoms with Gasteiger partial charge in [-0.3, -0.25) is 4.79 Å². The molecule has 0 spiro atoms. The van der Waals surface area contributed by atoms with Gasteiger partial charge in [0, 0.05) is 18.2 Å². The van der Waals surface area contributed by atoms with Crippen LogP contribution in [0.15, 0.2) is 24.3 Å². The van der Waals surface area contributed by atoms with Crippen molar-refractivity contribution in [3.8, 4) is 5.75 Å². The number of rotatable bonds is 4. The summed E-state index contributed by atoms with van der Waals surface area (Å²) >= 11 is 0. The number of aromatic hydroxyl groups is 1. The van der Waals surface area contributed by atoms with Gasteiger partial charge in [0.05, 0.1) is 0 Å². The summed E-state index contributed by atoms with van der Waals surface area (Å²) in [6, 6.07) is 6.34. The number of carbonyl (C=O) groups is 1. The molecule has 0 saturated heterocycles. The van der Waals surface area contributed by atoms with E-state index >= 15 is 0 Å². The molecule has 16 heavy (non-hydrogen) atoms. The predicted octanol–water partition coefficient (Wildman–Crippen LogP) is 0.859. The highest BCUT2D eigenvalue weighted by atomic mass is 16.3. The third-order valence-electron chi connectivity index (χ3n) is 2.83. The number of phenolic OH excluding ortho intramolecular Hbond substituents is 1. The maximum atomic E-state index is 11.7. The minimum absolute atomic E-state index is 0.0567. The van der Waals surface area contributed by atoms with Gasteiger partial charge in [-0.05, 0) is 37.0 Å². The average Bonchev–Trinajstić information content (AvgIpc) is 3.09. The Morgan fingerprint density at radius 2 is 2.31 bits per heavy atom. The second kappa shape index (κ2) is 4.53. The molecule has 1 aliphatic carbocycles. The van der Waals surface area contributed by atoms with Crippen molar-refractivity contribution in [3.05, 3.63) is 29.8 Å². The minimum atomic E-state index is -0.188. The number of hydrogen-bond donors (Lipinski definition) is 3. The van der Waals surface area contributed by atoms with Crippen LogP contribution in [0.4, 0.5) is 0 Å². The molecule has 2 rings (SSSR count). The zero-order valence-corrected chi connectivity index (χ0v) is 9.02. The van der Waals surface area contributed by atoms with Crippen molar-refractivity contribution in [3.63, 3.8) is 0 Å². The van der Waals surface area contributed by atoms with E-state index in [4.69, 9.17) is 5.73 Å². The molecule has 1 unspecified atom stereocenters. The average molecular weight is 220 g/mol. The van der Waals surface area contributed by atoms with Crippen LogP contribution < -0.4 is 11.1 Å². The van der Waals surface area contributed by atoms with E-state index in [2.05, 4.69) is 5.32 Å². The molecule has 4 heteroatoms. The normalized spacial score (nSPS) is 16.8. The highest BCUT2D eigenvalue weighted by Gasteiger charge is 2.28. The van der Waals surface area contributed by atoms with E-state index < -0.39 is 0 Å². The van der Waals surface area contributed by atoms with Crippen molar-refractivity contribution in [2.24, 2.45) is 11.7 Å². The maximum Gasteiger partial charge on any atom is 0.251 e. The Labute approximate surface area is 94.5 Å². The summed E-state index contributed by atoms with van der Waals surface area (Å²) in [7, 11) is 0. The van der Waals surface area contributed by atoms with Crippen molar-refractivity contribution in [1.82, 2.24) is 5.32 Å². The Bertz CT molecular complexity index is 388. The van der Waals surface area contributed by atoms with E-state index in [0.29, 0.717) is 18.0 Å². The quantitative estimate of drug-likeness (QED) is 0.704. The third kappa shape index (κ3) is 2.73. The summed E-state index contributed by atoms with van der Waals surface area (Å²) in [5, 5.41) is 12.0. The molecule has 0 aromatic heterocycles. The van der Waals surface area contributed by atoms with E-state index in [0.717, 1.165) is 0 Å². The maximum absolute atomic E-state index is 11.7.